The molecule has 148 valence electrons. The van der Waals surface area contributed by atoms with Crippen molar-refractivity contribution in [2.24, 2.45) is 0 Å². The van der Waals surface area contributed by atoms with E-state index in [0.717, 1.165) is 41.6 Å². The van der Waals surface area contributed by atoms with Gasteiger partial charge in [0.1, 0.15) is 0 Å². The number of carbonyl (C=O) groups excluding carboxylic acids is 2. The van der Waals surface area contributed by atoms with Crippen LogP contribution >= 0.6 is 23.5 Å². The Labute approximate surface area is 175 Å². The third kappa shape index (κ3) is 5.55. The molecule has 0 unspecified atom stereocenters. The van der Waals surface area contributed by atoms with Crippen molar-refractivity contribution in [2.75, 3.05) is 35.7 Å². The topological polar surface area (TPSA) is 49.4 Å². The molecule has 0 spiro atoms. The Morgan fingerprint density at radius 1 is 1.07 bits per heavy atom. The largest absolute Gasteiger partial charge is 0.337 e. The van der Waals surface area contributed by atoms with Crippen molar-refractivity contribution in [2.45, 2.75) is 25.2 Å². The maximum Gasteiger partial charge on any atom is 0.254 e. The number of hydrogen-bond acceptors (Lipinski definition) is 4. The second-order valence-corrected chi connectivity index (χ2v) is 9.24. The Bertz CT molecular complexity index is 831. The van der Waals surface area contributed by atoms with Gasteiger partial charge in [-0.25, -0.2) is 0 Å². The van der Waals surface area contributed by atoms with Crippen molar-refractivity contribution in [1.29, 1.82) is 0 Å². The van der Waals surface area contributed by atoms with Crippen LogP contribution in [0.25, 0.3) is 0 Å². The first-order chi connectivity index (χ1) is 13.5. The molecule has 0 saturated carbocycles. The van der Waals surface area contributed by atoms with Gasteiger partial charge in [-0.1, -0.05) is 23.8 Å². The summed E-state index contributed by atoms with van der Waals surface area (Å²) in [5.74, 6) is 2.73. The lowest BCUT2D eigenvalue weighted by atomic mass is 10.1. The number of aryl methyl sites for hydroxylation is 1. The fourth-order valence-corrected chi connectivity index (χ4v) is 4.80. The summed E-state index contributed by atoms with van der Waals surface area (Å²) in [6, 6.07) is 13.9. The van der Waals surface area contributed by atoms with Crippen molar-refractivity contribution >= 4 is 41.0 Å². The van der Waals surface area contributed by atoms with E-state index < -0.39 is 0 Å². The zero-order chi connectivity index (χ0) is 19.9. The van der Waals surface area contributed by atoms with E-state index in [4.69, 9.17) is 0 Å². The summed E-state index contributed by atoms with van der Waals surface area (Å²) in [5.41, 5.74) is 3.47. The highest BCUT2D eigenvalue weighted by Gasteiger charge is 2.21. The minimum absolute atomic E-state index is 0.0262. The summed E-state index contributed by atoms with van der Waals surface area (Å²) in [6.45, 7) is 5.54. The number of carbonyl (C=O) groups is 2. The molecule has 2 amide bonds. The van der Waals surface area contributed by atoms with E-state index in [-0.39, 0.29) is 11.8 Å². The molecule has 1 aliphatic rings. The van der Waals surface area contributed by atoms with E-state index in [1.54, 1.807) is 11.8 Å². The fraction of sp³-hybridized carbons (Fsp3) is 0.364. The predicted molar refractivity (Wildman–Crippen MR) is 120 cm³/mol. The molecular weight excluding hydrogens is 388 g/mol. The summed E-state index contributed by atoms with van der Waals surface area (Å²) in [5, 5.41) is 2.98. The third-order valence-electron chi connectivity index (χ3n) is 4.76. The lowest BCUT2D eigenvalue weighted by molar-refractivity contribution is -0.115. The Hall–Kier alpha value is -1.92. The Morgan fingerprint density at radius 2 is 1.79 bits per heavy atom. The molecule has 0 aromatic heterocycles. The summed E-state index contributed by atoms with van der Waals surface area (Å²) < 4.78 is 0. The zero-order valence-corrected chi connectivity index (χ0v) is 18.0. The number of anilines is 1. The number of rotatable bonds is 6. The highest BCUT2D eigenvalue weighted by molar-refractivity contribution is 7.99. The first kappa shape index (κ1) is 20.8. The molecule has 4 nitrogen and oxygen atoms in total. The molecule has 3 rings (SSSR count). The molecule has 28 heavy (non-hydrogen) atoms. The summed E-state index contributed by atoms with van der Waals surface area (Å²) in [6.07, 6.45) is 0.430. The van der Waals surface area contributed by atoms with E-state index >= 15 is 0 Å². The lowest BCUT2D eigenvalue weighted by Gasteiger charge is -2.27. The van der Waals surface area contributed by atoms with Crippen LogP contribution < -0.4 is 5.32 Å². The van der Waals surface area contributed by atoms with Crippen LogP contribution in [0.3, 0.4) is 0 Å². The van der Waals surface area contributed by atoms with Crippen molar-refractivity contribution in [3.05, 3.63) is 59.2 Å². The molecule has 0 bridgehead atoms. The molecule has 0 radical (unpaired) electrons. The summed E-state index contributed by atoms with van der Waals surface area (Å²) in [7, 11) is 0. The van der Waals surface area contributed by atoms with Gasteiger partial charge in [0.05, 0.1) is 0 Å². The van der Waals surface area contributed by atoms with Crippen LogP contribution in [0.2, 0.25) is 0 Å². The van der Waals surface area contributed by atoms with E-state index in [9.17, 15) is 9.59 Å². The monoisotopic (exact) mass is 414 g/mol. The molecule has 1 N–H and O–H groups in total. The second kappa shape index (κ2) is 10.0. The van der Waals surface area contributed by atoms with Crippen molar-refractivity contribution < 1.29 is 9.59 Å². The summed E-state index contributed by atoms with van der Waals surface area (Å²) in [4.78, 5) is 28.3. The molecule has 1 saturated heterocycles. The normalized spacial score (nSPS) is 14.0. The number of benzene rings is 2. The number of nitrogens with zero attached hydrogens (tertiary/aromatic N) is 1. The SMILES string of the molecule is Cc1ccc(SCCC(=O)Nc2cccc(C(=O)N3CCSCC3)c2C)cc1. The second-order valence-electron chi connectivity index (χ2n) is 6.84. The van der Waals surface area contributed by atoms with Crippen molar-refractivity contribution in [1.82, 2.24) is 4.90 Å². The average Bonchev–Trinajstić information content (AvgIpc) is 2.71. The minimum atomic E-state index is -0.0262. The molecular formula is C22H26N2O2S2. The van der Waals surface area contributed by atoms with Gasteiger partial charge in [-0.05, 0) is 43.7 Å². The zero-order valence-electron chi connectivity index (χ0n) is 16.4. The fourth-order valence-electron chi connectivity index (χ4n) is 3.05. The quantitative estimate of drug-likeness (QED) is 0.701. The standard InChI is InChI=1S/C22H26N2O2S2/c1-16-6-8-18(9-7-16)28-13-10-21(25)23-20-5-3-4-19(17(20)2)22(26)24-11-14-27-15-12-24/h3-9H,10-15H2,1-2H3,(H,23,25). The Kier molecular flexibility index (Phi) is 7.45. The average molecular weight is 415 g/mol. The molecule has 6 heteroatoms. The lowest BCUT2D eigenvalue weighted by Crippen LogP contribution is -2.38. The molecule has 1 heterocycles. The minimum Gasteiger partial charge on any atom is -0.337 e. The van der Waals surface area contributed by atoms with Crippen molar-refractivity contribution in [3.8, 4) is 0 Å². The molecule has 2 aromatic carbocycles. The maximum atomic E-state index is 12.8. The smallest absolute Gasteiger partial charge is 0.254 e. The highest BCUT2D eigenvalue weighted by atomic mass is 32.2. The van der Waals surface area contributed by atoms with Crippen LogP contribution in [0.5, 0.6) is 0 Å². The Balaban J connectivity index is 1.56. The van der Waals surface area contributed by atoms with Crippen LogP contribution in [0.4, 0.5) is 5.69 Å². The van der Waals surface area contributed by atoms with Gasteiger partial charge in [0.15, 0.2) is 0 Å². The van der Waals surface area contributed by atoms with Crippen LogP contribution in [0.1, 0.15) is 27.9 Å². The van der Waals surface area contributed by atoms with Crippen LogP contribution in [-0.2, 0) is 4.79 Å². The highest BCUT2D eigenvalue weighted by Crippen LogP contribution is 2.23. The third-order valence-corrected chi connectivity index (χ3v) is 6.71. The van der Waals surface area contributed by atoms with Crippen LogP contribution in [0, 0.1) is 13.8 Å². The van der Waals surface area contributed by atoms with Crippen LogP contribution in [-0.4, -0.2) is 47.1 Å². The van der Waals surface area contributed by atoms with Gasteiger partial charge >= 0.3 is 0 Å². The molecule has 1 aliphatic heterocycles. The van der Waals surface area contributed by atoms with Gasteiger partial charge < -0.3 is 10.2 Å². The van der Waals surface area contributed by atoms with E-state index in [0.29, 0.717) is 12.0 Å². The molecule has 2 aromatic rings. The first-order valence-electron chi connectivity index (χ1n) is 9.50. The van der Waals surface area contributed by atoms with Gasteiger partial charge in [0.2, 0.25) is 5.91 Å². The molecule has 1 fully saturated rings. The van der Waals surface area contributed by atoms with E-state index in [2.05, 4.69) is 36.5 Å². The summed E-state index contributed by atoms with van der Waals surface area (Å²) >= 11 is 3.56. The molecule has 0 atom stereocenters. The van der Waals surface area contributed by atoms with Gasteiger partial charge in [-0.15, -0.1) is 11.8 Å². The van der Waals surface area contributed by atoms with Gasteiger partial charge in [-0.2, -0.15) is 11.8 Å². The van der Waals surface area contributed by atoms with Gasteiger partial charge in [0.25, 0.3) is 5.91 Å². The van der Waals surface area contributed by atoms with E-state index in [1.807, 2.05) is 41.8 Å². The van der Waals surface area contributed by atoms with Crippen LogP contribution in [0.15, 0.2) is 47.4 Å². The van der Waals surface area contributed by atoms with Gasteiger partial charge in [-0.3, -0.25) is 9.59 Å². The van der Waals surface area contributed by atoms with E-state index in [1.165, 1.54) is 10.5 Å². The maximum absolute atomic E-state index is 12.8. The number of thioether (sulfide) groups is 2. The predicted octanol–water partition coefficient (Wildman–Crippen LogP) is 4.61. The molecule has 0 aliphatic carbocycles. The van der Waals surface area contributed by atoms with Gasteiger partial charge in [0, 0.05) is 52.9 Å². The first-order valence-corrected chi connectivity index (χ1v) is 11.6. The van der Waals surface area contributed by atoms with Crippen molar-refractivity contribution in [3.63, 3.8) is 0 Å². The Morgan fingerprint density at radius 3 is 2.50 bits per heavy atom. The number of nitrogens with one attached hydrogen (secondary N) is 1. The number of hydrogen-bond donors (Lipinski definition) is 1. The number of amides is 2.